The first-order chi connectivity index (χ1) is 5.74. The molecule has 0 saturated heterocycles. The van der Waals surface area contributed by atoms with Crippen molar-refractivity contribution in [3.8, 4) is 0 Å². The van der Waals surface area contributed by atoms with Crippen LogP contribution in [0.5, 0.6) is 0 Å². The van der Waals surface area contributed by atoms with Crippen LogP contribution >= 0.6 is 0 Å². The topological polar surface area (TPSA) is 0 Å². The summed E-state index contributed by atoms with van der Waals surface area (Å²) < 4.78 is 0. The fraction of sp³-hybridized carbons (Fsp3) is 1.00. The fourth-order valence-electron chi connectivity index (χ4n) is 0. The zero-order chi connectivity index (χ0) is 10.2. The van der Waals surface area contributed by atoms with E-state index in [0.29, 0.717) is 0 Å². The number of rotatable bonds is 3. The molecule has 0 saturated carbocycles. The molecule has 0 aliphatic heterocycles. The van der Waals surface area contributed by atoms with E-state index in [0.717, 1.165) is 36.5 Å². The molecule has 0 spiro atoms. The monoisotopic (exact) mass is 346 g/mol. The van der Waals surface area contributed by atoms with E-state index in [2.05, 4.69) is 58.7 Å². The Kier molecular flexibility index (Phi) is 69.1. The van der Waals surface area contributed by atoms with Crippen molar-refractivity contribution in [3.63, 3.8) is 0 Å². The summed E-state index contributed by atoms with van der Waals surface area (Å²) >= 11 is 13.7. The Hall–Kier alpha value is 1.87. The second-order valence-electron chi connectivity index (χ2n) is 2.11. The molecule has 0 aliphatic rings. The van der Waals surface area contributed by atoms with E-state index >= 15 is 0 Å². The molecular weight excluding hydrogens is 326 g/mol. The van der Waals surface area contributed by atoms with Gasteiger partial charge < -0.3 is 37.9 Å². The summed E-state index contributed by atoms with van der Waals surface area (Å²) in [5, 5.41) is 0. The van der Waals surface area contributed by atoms with Gasteiger partial charge in [-0.3, -0.25) is 0 Å². The standard InChI is InChI=1S/3C3H8S.Sb/c3*1-2-3-4;/h3*4H,2-3H2,1H3;/q;;;+3/p-3. The van der Waals surface area contributed by atoms with Crippen LogP contribution < -0.4 is 0 Å². The predicted molar refractivity (Wildman–Crippen MR) is 73.3 cm³/mol. The Bertz CT molecular complexity index is 30.3. The van der Waals surface area contributed by atoms with Gasteiger partial charge in [-0.1, -0.05) is 40.0 Å². The van der Waals surface area contributed by atoms with Crippen molar-refractivity contribution in [3.05, 3.63) is 0 Å². The van der Waals surface area contributed by atoms with E-state index in [1.807, 2.05) is 0 Å². The van der Waals surface area contributed by atoms with Gasteiger partial charge in [-0.15, -0.1) is 0 Å². The van der Waals surface area contributed by atoms with Gasteiger partial charge >= 0.3 is 24.4 Å². The maximum absolute atomic E-state index is 4.55. The summed E-state index contributed by atoms with van der Waals surface area (Å²) in [5.74, 6) is 2.71. The van der Waals surface area contributed by atoms with Crippen molar-refractivity contribution in [2.24, 2.45) is 0 Å². The predicted octanol–water partition coefficient (Wildman–Crippen LogP) is 2.45. The molecule has 80 valence electrons. The third-order valence-electron chi connectivity index (χ3n) is 0.612. The molecule has 0 amide bonds. The van der Waals surface area contributed by atoms with Crippen LogP contribution in [-0.4, -0.2) is 41.7 Å². The normalized spacial score (nSPS) is 6.92. The Morgan fingerprint density at radius 3 is 0.692 bits per heavy atom. The molecule has 0 nitrogen and oxygen atoms in total. The molecule has 0 aromatic rings. The Morgan fingerprint density at radius 1 is 0.615 bits per heavy atom. The zero-order valence-electron chi connectivity index (χ0n) is 8.91. The second kappa shape index (κ2) is 37.1. The van der Waals surface area contributed by atoms with E-state index in [1.165, 1.54) is 0 Å². The molecule has 0 aromatic carbocycles. The van der Waals surface area contributed by atoms with Gasteiger partial charge in [0.15, 0.2) is 0 Å². The number of hydrogen-bond donors (Lipinski definition) is 0. The van der Waals surface area contributed by atoms with E-state index < -0.39 is 0 Å². The Morgan fingerprint density at radius 2 is 0.692 bits per heavy atom. The fourth-order valence-corrected chi connectivity index (χ4v) is 0. The molecule has 13 heavy (non-hydrogen) atoms. The van der Waals surface area contributed by atoms with E-state index in [4.69, 9.17) is 0 Å². The molecule has 2 radical (unpaired) electrons. The summed E-state index contributed by atoms with van der Waals surface area (Å²) in [4.78, 5) is 0. The minimum Gasteiger partial charge on any atom is -0.793 e. The van der Waals surface area contributed by atoms with Crippen molar-refractivity contribution in [2.45, 2.75) is 40.0 Å². The van der Waals surface area contributed by atoms with Crippen LogP contribution in [-0.2, 0) is 37.9 Å². The van der Waals surface area contributed by atoms with Crippen LogP contribution in [0.25, 0.3) is 0 Å². The van der Waals surface area contributed by atoms with Gasteiger partial charge in [-0.25, -0.2) is 0 Å². The summed E-state index contributed by atoms with van der Waals surface area (Å²) in [7, 11) is 0. The van der Waals surface area contributed by atoms with Gasteiger partial charge in [0.05, 0.1) is 0 Å². The average molecular weight is 347 g/mol. The second-order valence-corrected chi connectivity index (χ2v) is 3.34. The van der Waals surface area contributed by atoms with Crippen LogP contribution in [0.15, 0.2) is 0 Å². The van der Waals surface area contributed by atoms with Crippen molar-refractivity contribution in [1.82, 2.24) is 0 Å². The van der Waals surface area contributed by atoms with Crippen molar-refractivity contribution < 1.29 is 0 Å². The average Bonchev–Trinajstić information content (AvgIpc) is 2.18. The largest absolute Gasteiger partial charge is 3.00 e. The molecule has 0 aliphatic carbocycles. The molecule has 0 atom stereocenters. The van der Waals surface area contributed by atoms with Crippen molar-refractivity contribution >= 4 is 62.3 Å². The van der Waals surface area contributed by atoms with E-state index in [1.54, 1.807) is 0 Å². The van der Waals surface area contributed by atoms with Crippen LogP contribution in [0.4, 0.5) is 0 Å². The van der Waals surface area contributed by atoms with Crippen molar-refractivity contribution in [1.29, 1.82) is 0 Å². The summed E-state index contributed by atoms with van der Waals surface area (Å²) in [6, 6.07) is 0. The third kappa shape index (κ3) is 82.4. The SMILES string of the molecule is CCC[S-].CCC[S-].CCC[S-].[Sb+3]. The number of hydrogen-bond acceptors (Lipinski definition) is 3. The Labute approximate surface area is 119 Å². The maximum atomic E-state index is 4.55. The first kappa shape index (κ1) is 24.2. The van der Waals surface area contributed by atoms with E-state index in [-0.39, 0.29) is 24.4 Å². The van der Waals surface area contributed by atoms with Gasteiger partial charge in [0.25, 0.3) is 0 Å². The minimum atomic E-state index is 0. The first-order valence-electron chi connectivity index (χ1n) is 4.49. The molecule has 0 heterocycles. The third-order valence-corrected chi connectivity index (χ3v) is 1.84. The van der Waals surface area contributed by atoms with Crippen LogP contribution in [0.3, 0.4) is 0 Å². The van der Waals surface area contributed by atoms with Gasteiger partial charge in [-0.2, -0.15) is 17.3 Å². The van der Waals surface area contributed by atoms with Crippen LogP contribution in [0, 0.1) is 0 Å². The summed E-state index contributed by atoms with van der Waals surface area (Å²) in [6.45, 7) is 6.23. The van der Waals surface area contributed by atoms with Gasteiger partial charge in [0.2, 0.25) is 0 Å². The van der Waals surface area contributed by atoms with Crippen molar-refractivity contribution in [2.75, 3.05) is 17.3 Å². The van der Waals surface area contributed by atoms with E-state index in [9.17, 15) is 0 Å². The zero-order valence-corrected chi connectivity index (χ0v) is 13.9. The maximum Gasteiger partial charge on any atom is 3.00 e. The van der Waals surface area contributed by atoms with Gasteiger partial charge in [-0.05, 0) is 0 Å². The Balaban J connectivity index is -0.0000000450. The van der Waals surface area contributed by atoms with Crippen LogP contribution in [0.1, 0.15) is 40.0 Å². The molecule has 0 unspecified atom stereocenters. The molecule has 4 heteroatoms. The minimum absolute atomic E-state index is 0. The first-order valence-corrected chi connectivity index (χ1v) is 6.22. The summed E-state index contributed by atoms with van der Waals surface area (Å²) in [5.41, 5.74) is 0. The smallest absolute Gasteiger partial charge is 0.793 e. The molecule has 0 rings (SSSR count). The molecule has 0 N–H and O–H groups in total. The molecule has 0 bridgehead atoms. The molecule has 0 aromatic heterocycles. The quantitative estimate of drug-likeness (QED) is 0.569. The van der Waals surface area contributed by atoms with Crippen LogP contribution in [0.2, 0.25) is 0 Å². The molecule has 0 fully saturated rings. The molecular formula is C9H21S3Sb. The van der Waals surface area contributed by atoms with Gasteiger partial charge in [0, 0.05) is 0 Å². The van der Waals surface area contributed by atoms with Gasteiger partial charge in [0.1, 0.15) is 0 Å². The summed E-state index contributed by atoms with van der Waals surface area (Å²) in [6.07, 6.45) is 3.40.